The SMILES string of the molecule is CC(=O)CC(=O)OC=CCc1cccc(F)c1. The van der Waals surface area contributed by atoms with Crippen molar-refractivity contribution in [1.82, 2.24) is 0 Å². The first kappa shape index (κ1) is 13.1. The van der Waals surface area contributed by atoms with Crippen LogP contribution in [0, 0.1) is 5.82 Å². The Kier molecular flexibility index (Phi) is 5.07. The highest BCUT2D eigenvalue weighted by molar-refractivity contribution is 5.94. The molecule has 0 N–H and O–H groups in total. The van der Waals surface area contributed by atoms with Crippen LogP contribution in [0.4, 0.5) is 4.39 Å². The fourth-order valence-electron chi connectivity index (χ4n) is 1.22. The number of ketones is 1. The number of halogens is 1. The van der Waals surface area contributed by atoms with E-state index >= 15 is 0 Å². The van der Waals surface area contributed by atoms with Crippen LogP contribution in [0.25, 0.3) is 0 Å². The monoisotopic (exact) mass is 236 g/mol. The molecule has 0 aliphatic carbocycles. The molecule has 0 aromatic heterocycles. The molecule has 0 aliphatic heterocycles. The number of carbonyl (C=O) groups excluding carboxylic acids is 2. The maximum atomic E-state index is 12.8. The number of allylic oxidation sites excluding steroid dienone is 1. The van der Waals surface area contributed by atoms with Gasteiger partial charge < -0.3 is 4.74 Å². The minimum absolute atomic E-state index is 0.232. The van der Waals surface area contributed by atoms with Gasteiger partial charge in [-0.2, -0.15) is 0 Å². The van der Waals surface area contributed by atoms with Crippen LogP contribution < -0.4 is 0 Å². The van der Waals surface area contributed by atoms with Crippen LogP contribution in [0.15, 0.2) is 36.6 Å². The van der Waals surface area contributed by atoms with Crippen molar-refractivity contribution in [3.63, 3.8) is 0 Å². The molecular formula is C13H13FO3. The summed E-state index contributed by atoms with van der Waals surface area (Å²) >= 11 is 0. The lowest BCUT2D eigenvalue weighted by molar-refractivity contribution is -0.140. The van der Waals surface area contributed by atoms with E-state index in [0.29, 0.717) is 6.42 Å². The van der Waals surface area contributed by atoms with E-state index in [0.717, 1.165) is 5.56 Å². The van der Waals surface area contributed by atoms with Crippen LogP contribution >= 0.6 is 0 Å². The first-order chi connectivity index (χ1) is 8.08. The van der Waals surface area contributed by atoms with E-state index < -0.39 is 5.97 Å². The van der Waals surface area contributed by atoms with Gasteiger partial charge in [0, 0.05) is 0 Å². The fourth-order valence-corrected chi connectivity index (χ4v) is 1.22. The van der Waals surface area contributed by atoms with E-state index in [-0.39, 0.29) is 18.0 Å². The standard InChI is InChI=1S/C13H13FO3/c1-10(15)8-13(16)17-7-3-5-11-4-2-6-12(14)9-11/h2-4,6-7,9H,5,8H2,1H3. The van der Waals surface area contributed by atoms with Crippen LogP contribution in [-0.2, 0) is 20.7 Å². The Hall–Kier alpha value is -1.97. The Morgan fingerprint density at radius 1 is 1.41 bits per heavy atom. The molecule has 0 spiro atoms. The Bertz CT molecular complexity index is 438. The van der Waals surface area contributed by atoms with Crippen LogP contribution in [0.3, 0.4) is 0 Å². The molecule has 0 heterocycles. The molecule has 0 unspecified atom stereocenters. The Morgan fingerprint density at radius 3 is 2.82 bits per heavy atom. The van der Waals surface area contributed by atoms with E-state index in [4.69, 9.17) is 0 Å². The molecule has 90 valence electrons. The molecule has 0 saturated carbocycles. The molecular weight excluding hydrogens is 223 g/mol. The lowest BCUT2D eigenvalue weighted by atomic mass is 10.1. The quantitative estimate of drug-likeness (QED) is 0.448. The van der Waals surface area contributed by atoms with Crippen LogP contribution in [0.2, 0.25) is 0 Å². The van der Waals surface area contributed by atoms with Gasteiger partial charge in [-0.15, -0.1) is 0 Å². The number of hydrogen-bond acceptors (Lipinski definition) is 3. The summed E-state index contributed by atoms with van der Waals surface area (Å²) in [5, 5.41) is 0. The summed E-state index contributed by atoms with van der Waals surface area (Å²) in [5.41, 5.74) is 0.781. The number of carbonyl (C=O) groups is 2. The molecule has 0 aliphatic rings. The normalized spacial score (nSPS) is 10.5. The number of hydrogen-bond donors (Lipinski definition) is 0. The molecule has 0 atom stereocenters. The molecule has 4 heteroatoms. The largest absolute Gasteiger partial charge is 0.434 e. The highest BCUT2D eigenvalue weighted by Crippen LogP contribution is 2.04. The zero-order chi connectivity index (χ0) is 12.7. The Labute approximate surface area is 98.9 Å². The van der Waals surface area contributed by atoms with Crippen molar-refractivity contribution < 1.29 is 18.7 Å². The molecule has 0 fully saturated rings. The maximum absolute atomic E-state index is 12.8. The number of ether oxygens (including phenoxy) is 1. The second-order valence-corrected chi connectivity index (χ2v) is 3.57. The molecule has 0 radical (unpaired) electrons. The number of Topliss-reactive ketones (excluding diaryl/α,β-unsaturated/α-hetero) is 1. The van der Waals surface area contributed by atoms with Gasteiger partial charge >= 0.3 is 5.97 Å². The van der Waals surface area contributed by atoms with Gasteiger partial charge in [-0.1, -0.05) is 12.1 Å². The van der Waals surface area contributed by atoms with Crippen molar-refractivity contribution in [2.24, 2.45) is 0 Å². The van der Waals surface area contributed by atoms with Gasteiger partial charge in [0.05, 0.1) is 6.26 Å². The summed E-state index contributed by atoms with van der Waals surface area (Å²) in [6.07, 6.45) is 3.04. The second-order valence-electron chi connectivity index (χ2n) is 3.57. The van der Waals surface area contributed by atoms with E-state index in [2.05, 4.69) is 4.74 Å². The molecule has 1 rings (SSSR count). The summed E-state index contributed by atoms with van der Waals surface area (Å²) in [6.45, 7) is 1.32. The third-order valence-electron chi connectivity index (χ3n) is 1.93. The Balaban J connectivity index is 2.36. The number of benzene rings is 1. The van der Waals surface area contributed by atoms with Gasteiger partial charge in [-0.3, -0.25) is 9.59 Å². The average Bonchev–Trinajstić information content (AvgIpc) is 2.23. The predicted molar refractivity (Wildman–Crippen MR) is 60.6 cm³/mol. The maximum Gasteiger partial charge on any atom is 0.318 e. The smallest absolute Gasteiger partial charge is 0.318 e. The minimum Gasteiger partial charge on any atom is -0.434 e. The topological polar surface area (TPSA) is 43.4 Å². The van der Waals surface area contributed by atoms with Crippen molar-refractivity contribution >= 4 is 11.8 Å². The van der Waals surface area contributed by atoms with E-state index in [9.17, 15) is 14.0 Å². The van der Waals surface area contributed by atoms with Crippen LogP contribution in [-0.4, -0.2) is 11.8 Å². The molecule has 0 bridgehead atoms. The summed E-state index contributed by atoms with van der Waals surface area (Å²) in [5.74, 6) is -1.13. The van der Waals surface area contributed by atoms with Gasteiger partial charge in [-0.05, 0) is 37.1 Å². The predicted octanol–water partition coefficient (Wildman–Crippen LogP) is 2.40. The zero-order valence-corrected chi connectivity index (χ0v) is 9.48. The summed E-state index contributed by atoms with van der Waals surface area (Å²) in [4.78, 5) is 21.5. The van der Waals surface area contributed by atoms with Gasteiger partial charge in [0.2, 0.25) is 0 Å². The van der Waals surface area contributed by atoms with Crippen molar-refractivity contribution in [3.05, 3.63) is 48.0 Å². The van der Waals surface area contributed by atoms with Crippen molar-refractivity contribution in [3.8, 4) is 0 Å². The fraction of sp³-hybridized carbons (Fsp3) is 0.231. The molecule has 3 nitrogen and oxygen atoms in total. The third-order valence-corrected chi connectivity index (χ3v) is 1.93. The first-order valence-corrected chi connectivity index (χ1v) is 5.16. The third kappa shape index (κ3) is 5.61. The van der Waals surface area contributed by atoms with Crippen molar-refractivity contribution in [1.29, 1.82) is 0 Å². The van der Waals surface area contributed by atoms with Crippen LogP contribution in [0.5, 0.6) is 0 Å². The molecule has 0 saturated heterocycles. The van der Waals surface area contributed by atoms with Gasteiger partial charge in [-0.25, -0.2) is 4.39 Å². The first-order valence-electron chi connectivity index (χ1n) is 5.16. The zero-order valence-electron chi connectivity index (χ0n) is 9.48. The van der Waals surface area contributed by atoms with E-state index in [1.54, 1.807) is 18.2 Å². The van der Waals surface area contributed by atoms with E-state index in [1.807, 2.05) is 0 Å². The van der Waals surface area contributed by atoms with Crippen molar-refractivity contribution in [2.45, 2.75) is 19.8 Å². The summed E-state index contributed by atoms with van der Waals surface area (Å²) in [7, 11) is 0. The average molecular weight is 236 g/mol. The van der Waals surface area contributed by atoms with Crippen LogP contribution in [0.1, 0.15) is 18.9 Å². The highest BCUT2D eigenvalue weighted by atomic mass is 19.1. The van der Waals surface area contributed by atoms with Gasteiger partial charge in [0.15, 0.2) is 0 Å². The molecule has 17 heavy (non-hydrogen) atoms. The lowest BCUT2D eigenvalue weighted by Crippen LogP contribution is -2.05. The van der Waals surface area contributed by atoms with Gasteiger partial charge in [0.1, 0.15) is 18.0 Å². The lowest BCUT2D eigenvalue weighted by Gasteiger charge is -1.97. The molecule has 1 aromatic rings. The van der Waals surface area contributed by atoms with Crippen molar-refractivity contribution in [2.75, 3.05) is 0 Å². The number of rotatable bonds is 5. The van der Waals surface area contributed by atoms with E-state index in [1.165, 1.54) is 25.3 Å². The summed E-state index contributed by atoms with van der Waals surface area (Å²) in [6, 6.07) is 6.15. The molecule has 0 amide bonds. The molecule has 1 aromatic carbocycles. The van der Waals surface area contributed by atoms with Gasteiger partial charge in [0.25, 0.3) is 0 Å². The summed E-state index contributed by atoms with van der Waals surface area (Å²) < 4.78 is 17.5. The highest BCUT2D eigenvalue weighted by Gasteiger charge is 2.03. The number of esters is 1. The minimum atomic E-state index is -0.590. The Morgan fingerprint density at radius 2 is 2.18 bits per heavy atom. The second kappa shape index (κ2) is 6.58.